The van der Waals surface area contributed by atoms with Crippen LogP contribution in [-0.2, 0) is 6.54 Å². The molecular formula is C18H17ClN4OS. The zero-order valence-electron chi connectivity index (χ0n) is 13.6. The van der Waals surface area contributed by atoms with Gasteiger partial charge in [-0.25, -0.2) is 4.98 Å². The standard InChI is InChI=1S/C18H17ClN4OS/c1-12-3-2-4-15(9-12)20-10-17-21-18(23-22-17)25-11-16(24)13-5-7-14(19)8-6-13/h2-9,20H,10-11H2,1H3,(H,21,22,23). The Labute approximate surface area is 155 Å². The van der Waals surface area contributed by atoms with Gasteiger partial charge in [0.25, 0.3) is 0 Å². The Morgan fingerprint density at radius 1 is 1.24 bits per heavy atom. The summed E-state index contributed by atoms with van der Waals surface area (Å²) in [5, 5.41) is 11.5. The molecule has 0 fully saturated rings. The maximum Gasteiger partial charge on any atom is 0.208 e. The summed E-state index contributed by atoms with van der Waals surface area (Å²) in [7, 11) is 0. The smallest absolute Gasteiger partial charge is 0.208 e. The predicted octanol–water partition coefficient (Wildman–Crippen LogP) is 4.35. The van der Waals surface area contributed by atoms with Crippen molar-refractivity contribution in [3.8, 4) is 0 Å². The minimum atomic E-state index is 0.0194. The van der Waals surface area contributed by atoms with Crippen LogP contribution in [0.1, 0.15) is 21.7 Å². The Morgan fingerprint density at radius 3 is 2.80 bits per heavy atom. The van der Waals surface area contributed by atoms with Crippen LogP contribution in [-0.4, -0.2) is 26.7 Å². The van der Waals surface area contributed by atoms with E-state index < -0.39 is 0 Å². The van der Waals surface area contributed by atoms with Crippen molar-refractivity contribution in [3.05, 3.63) is 70.5 Å². The molecule has 2 N–H and O–H groups in total. The van der Waals surface area contributed by atoms with Gasteiger partial charge in [-0.3, -0.25) is 9.89 Å². The number of aromatic nitrogens is 3. The van der Waals surface area contributed by atoms with E-state index in [2.05, 4.69) is 26.6 Å². The Morgan fingerprint density at radius 2 is 2.04 bits per heavy atom. The van der Waals surface area contributed by atoms with Gasteiger partial charge >= 0.3 is 0 Å². The van der Waals surface area contributed by atoms with E-state index >= 15 is 0 Å². The number of ketones is 1. The average Bonchev–Trinajstić information content (AvgIpc) is 3.06. The number of Topliss-reactive ketones (excluding diaryl/α,β-unsaturated/α-hetero) is 1. The Balaban J connectivity index is 1.51. The summed E-state index contributed by atoms with van der Waals surface area (Å²) in [6.07, 6.45) is 0. The zero-order valence-corrected chi connectivity index (χ0v) is 15.2. The lowest BCUT2D eigenvalue weighted by Crippen LogP contribution is -2.02. The second-order valence-corrected chi connectivity index (χ2v) is 6.89. The summed E-state index contributed by atoms with van der Waals surface area (Å²) in [5.41, 5.74) is 2.86. The number of benzene rings is 2. The fourth-order valence-corrected chi connectivity index (χ4v) is 3.05. The van der Waals surface area contributed by atoms with Gasteiger partial charge < -0.3 is 5.32 Å². The van der Waals surface area contributed by atoms with Crippen molar-refractivity contribution in [2.75, 3.05) is 11.1 Å². The number of aryl methyl sites for hydroxylation is 1. The molecule has 128 valence electrons. The quantitative estimate of drug-likeness (QED) is 0.476. The molecule has 3 aromatic rings. The topological polar surface area (TPSA) is 70.7 Å². The van der Waals surface area contributed by atoms with Gasteiger partial charge in [0, 0.05) is 16.3 Å². The largest absolute Gasteiger partial charge is 0.378 e. The highest BCUT2D eigenvalue weighted by atomic mass is 35.5. The predicted molar refractivity (Wildman–Crippen MR) is 101 cm³/mol. The van der Waals surface area contributed by atoms with Crippen LogP contribution in [0.2, 0.25) is 5.02 Å². The summed E-state index contributed by atoms with van der Waals surface area (Å²) in [6, 6.07) is 15.0. The number of carbonyl (C=O) groups excluding carboxylic acids is 1. The molecule has 0 saturated heterocycles. The third-order valence-corrected chi connectivity index (χ3v) is 4.59. The number of hydrogen-bond acceptors (Lipinski definition) is 5. The number of anilines is 1. The molecule has 1 aromatic heterocycles. The second kappa shape index (κ2) is 8.18. The van der Waals surface area contributed by atoms with Gasteiger partial charge in [0.2, 0.25) is 5.16 Å². The van der Waals surface area contributed by atoms with E-state index in [4.69, 9.17) is 11.6 Å². The van der Waals surface area contributed by atoms with Crippen molar-refractivity contribution >= 4 is 34.8 Å². The van der Waals surface area contributed by atoms with Gasteiger partial charge in [-0.2, -0.15) is 0 Å². The molecule has 0 saturated carbocycles. The first-order valence-electron chi connectivity index (χ1n) is 7.73. The molecule has 25 heavy (non-hydrogen) atoms. The van der Waals surface area contributed by atoms with Crippen molar-refractivity contribution in [2.24, 2.45) is 0 Å². The maximum absolute atomic E-state index is 12.1. The van der Waals surface area contributed by atoms with E-state index in [1.165, 1.54) is 17.3 Å². The third-order valence-electron chi connectivity index (χ3n) is 3.49. The SMILES string of the molecule is Cc1cccc(NCc2nc(SCC(=O)c3ccc(Cl)cc3)n[nH]2)c1. The minimum absolute atomic E-state index is 0.0194. The molecule has 2 aromatic carbocycles. The molecule has 0 aliphatic rings. The van der Waals surface area contributed by atoms with Crippen molar-refractivity contribution in [1.29, 1.82) is 0 Å². The highest BCUT2D eigenvalue weighted by Gasteiger charge is 2.10. The first-order valence-corrected chi connectivity index (χ1v) is 9.10. The molecule has 5 nitrogen and oxygen atoms in total. The summed E-state index contributed by atoms with van der Waals surface area (Å²) in [4.78, 5) is 16.5. The second-order valence-electron chi connectivity index (χ2n) is 5.51. The van der Waals surface area contributed by atoms with Crippen LogP contribution >= 0.6 is 23.4 Å². The highest BCUT2D eigenvalue weighted by Crippen LogP contribution is 2.17. The van der Waals surface area contributed by atoms with Crippen LogP contribution in [0.4, 0.5) is 5.69 Å². The van der Waals surface area contributed by atoms with Gasteiger partial charge in [0.15, 0.2) is 5.78 Å². The lowest BCUT2D eigenvalue weighted by molar-refractivity contribution is 0.102. The van der Waals surface area contributed by atoms with Gasteiger partial charge in [0.1, 0.15) is 5.82 Å². The van der Waals surface area contributed by atoms with E-state index in [-0.39, 0.29) is 11.5 Å². The molecule has 0 spiro atoms. The summed E-state index contributed by atoms with van der Waals surface area (Å²) in [6.45, 7) is 2.59. The van der Waals surface area contributed by atoms with Crippen LogP contribution in [0.3, 0.4) is 0 Å². The molecule has 0 aliphatic heterocycles. The fourth-order valence-electron chi connectivity index (χ4n) is 2.21. The lowest BCUT2D eigenvalue weighted by Gasteiger charge is -2.04. The number of nitrogens with one attached hydrogen (secondary N) is 2. The molecule has 0 aliphatic carbocycles. The van der Waals surface area contributed by atoms with Crippen molar-refractivity contribution in [2.45, 2.75) is 18.6 Å². The number of aromatic amines is 1. The van der Waals surface area contributed by atoms with Crippen LogP contribution in [0.5, 0.6) is 0 Å². The molecule has 3 rings (SSSR count). The van der Waals surface area contributed by atoms with Crippen molar-refractivity contribution < 1.29 is 4.79 Å². The van der Waals surface area contributed by atoms with Crippen LogP contribution in [0.25, 0.3) is 0 Å². The zero-order chi connectivity index (χ0) is 17.6. The Kier molecular flexibility index (Phi) is 5.73. The van der Waals surface area contributed by atoms with E-state index in [0.717, 1.165) is 11.5 Å². The fraction of sp³-hybridized carbons (Fsp3) is 0.167. The van der Waals surface area contributed by atoms with Crippen LogP contribution < -0.4 is 5.32 Å². The number of H-pyrrole nitrogens is 1. The number of rotatable bonds is 7. The van der Waals surface area contributed by atoms with Crippen LogP contribution in [0.15, 0.2) is 53.7 Å². The highest BCUT2D eigenvalue weighted by molar-refractivity contribution is 7.99. The summed E-state index contributed by atoms with van der Waals surface area (Å²) >= 11 is 7.14. The van der Waals surface area contributed by atoms with E-state index in [1.807, 2.05) is 25.1 Å². The average molecular weight is 373 g/mol. The first-order chi connectivity index (χ1) is 12.1. The van der Waals surface area contributed by atoms with Gasteiger partial charge in [0.05, 0.1) is 12.3 Å². The molecule has 0 unspecified atom stereocenters. The minimum Gasteiger partial charge on any atom is -0.378 e. The Bertz CT molecular complexity index is 864. The molecular weight excluding hydrogens is 356 g/mol. The molecule has 0 atom stereocenters. The number of hydrogen-bond donors (Lipinski definition) is 2. The molecule has 0 bridgehead atoms. The van der Waals surface area contributed by atoms with Gasteiger partial charge in [-0.1, -0.05) is 35.5 Å². The molecule has 0 amide bonds. The summed E-state index contributed by atoms with van der Waals surface area (Å²) < 4.78 is 0. The molecule has 0 radical (unpaired) electrons. The summed E-state index contributed by atoms with van der Waals surface area (Å²) in [5.74, 6) is 1.03. The molecule has 7 heteroatoms. The monoisotopic (exact) mass is 372 g/mol. The van der Waals surface area contributed by atoms with E-state index in [9.17, 15) is 4.79 Å². The van der Waals surface area contributed by atoms with Crippen molar-refractivity contribution in [3.63, 3.8) is 0 Å². The van der Waals surface area contributed by atoms with E-state index in [0.29, 0.717) is 22.3 Å². The maximum atomic E-state index is 12.1. The van der Waals surface area contributed by atoms with Crippen LogP contribution in [0, 0.1) is 6.92 Å². The third kappa shape index (κ3) is 5.08. The number of nitrogens with zero attached hydrogens (tertiary/aromatic N) is 2. The Hall–Kier alpha value is -2.31. The number of halogens is 1. The number of carbonyl (C=O) groups is 1. The normalized spacial score (nSPS) is 10.6. The first kappa shape index (κ1) is 17.5. The molecule has 1 heterocycles. The van der Waals surface area contributed by atoms with Gasteiger partial charge in [-0.05, 0) is 48.9 Å². The lowest BCUT2D eigenvalue weighted by atomic mass is 10.1. The van der Waals surface area contributed by atoms with Gasteiger partial charge in [-0.15, -0.1) is 5.10 Å². The van der Waals surface area contributed by atoms with Crippen molar-refractivity contribution in [1.82, 2.24) is 15.2 Å². The van der Waals surface area contributed by atoms with E-state index in [1.54, 1.807) is 24.3 Å². The number of thioether (sulfide) groups is 1.